The molecule has 0 aliphatic heterocycles. The number of esters is 3. The van der Waals surface area contributed by atoms with E-state index in [4.69, 9.17) is 14.2 Å². The van der Waals surface area contributed by atoms with Crippen LogP contribution in [0.25, 0.3) is 0 Å². The molecule has 1 unspecified atom stereocenters. The molecule has 0 aliphatic carbocycles. The Labute approximate surface area is 502 Å². The van der Waals surface area contributed by atoms with Crippen LogP contribution >= 0.6 is 0 Å². The van der Waals surface area contributed by atoms with E-state index in [1.54, 1.807) is 0 Å². The van der Waals surface area contributed by atoms with Crippen LogP contribution in [0.2, 0.25) is 0 Å². The highest BCUT2D eigenvalue weighted by Gasteiger charge is 2.19. The Morgan fingerprint density at radius 2 is 0.481 bits per heavy atom. The normalized spacial score (nSPS) is 12.7. The standard InChI is InChI=1S/C75H130O6/c1-4-7-10-13-16-19-22-25-28-31-33-35-37-39-41-44-47-50-53-56-59-62-65-68-74(77)80-71-72(70-79-73(76)67-64-61-58-55-52-49-46-43-30-27-24-21-18-15-12-9-6-3)81-75(78)69-66-63-60-57-54-51-48-45-42-40-38-36-34-32-29-26-23-20-17-14-11-8-5-2/h9,12,18,21-23,25-27,30-34,37,39,72H,4-8,10-11,13-17,19-20,24,28-29,35-36,38,40-71H2,1-3H3/b12-9-,21-18-,25-22-,26-23-,30-27-,33-31-,34-32-,39-37-. The van der Waals surface area contributed by atoms with Crippen molar-refractivity contribution in [3.8, 4) is 0 Å². The summed E-state index contributed by atoms with van der Waals surface area (Å²) < 4.78 is 17.0. The van der Waals surface area contributed by atoms with Gasteiger partial charge in [0.05, 0.1) is 0 Å². The summed E-state index contributed by atoms with van der Waals surface area (Å²) in [4.78, 5) is 38.5. The summed E-state index contributed by atoms with van der Waals surface area (Å²) in [7, 11) is 0. The summed E-state index contributed by atoms with van der Waals surface area (Å²) in [6, 6.07) is 0. The van der Waals surface area contributed by atoms with Gasteiger partial charge in [-0.25, -0.2) is 0 Å². The highest BCUT2D eigenvalue weighted by atomic mass is 16.6. The van der Waals surface area contributed by atoms with Crippen molar-refractivity contribution in [1.82, 2.24) is 0 Å². The van der Waals surface area contributed by atoms with Crippen molar-refractivity contribution in [2.45, 2.75) is 348 Å². The lowest BCUT2D eigenvalue weighted by Gasteiger charge is -2.18. The van der Waals surface area contributed by atoms with Crippen molar-refractivity contribution in [3.63, 3.8) is 0 Å². The predicted octanol–water partition coefficient (Wildman–Crippen LogP) is 24.0. The highest BCUT2D eigenvalue weighted by Crippen LogP contribution is 2.17. The van der Waals surface area contributed by atoms with E-state index in [1.165, 1.54) is 193 Å². The van der Waals surface area contributed by atoms with Crippen LogP contribution in [-0.2, 0) is 28.6 Å². The molecule has 1 atom stereocenters. The van der Waals surface area contributed by atoms with Crippen LogP contribution in [0.1, 0.15) is 342 Å². The lowest BCUT2D eigenvalue weighted by Crippen LogP contribution is -2.30. The third-order valence-corrected chi connectivity index (χ3v) is 15.0. The Balaban J connectivity index is 4.39. The number of hydrogen-bond donors (Lipinski definition) is 0. The Kier molecular flexibility index (Phi) is 65.7. The van der Waals surface area contributed by atoms with E-state index in [0.29, 0.717) is 19.3 Å². The van der Waals surface area contributed by atoms with Crippen LogP contribution in [0, 0.1) is 0 Å². The molecule has 81 heavy (non-hydrogen) atoms. The van der Waals surface area contributed by atoms with Crippen LogP contribution in [0.5, 0.6) is 0 Å². The molecule has 0 N–H and O–H groups in total. The van der Waals surface area contributed by atoms with Crippen LogP contribution in [-0.4, -0.2) is 37.2 Å². The van der Waals surface area contributed by atoms with Crippen molar-refractivity contribution < 1.29 is 28.6 Å². The molecule has 0 heterocycles. The Morgan fingerprint density at radius 1 is 0.259 bits per heavy atom. The van der Waals surface area contributed by atoms with Crippen molar-refractivity contribution in [3.05, 3.63) is 97.2 Å². The van der Waals surface area contributed by atoms with Gasteiger partial charge in [0.2, 0.25) is 0 Å². The molecule has 0 aromatic carbocycles. The minimum atomic E-state index is -0.789. The number of unbranched alkanes of at least 4 members (excludes halogenated alkanes) is 36. The number of carbonyl (C=O) groups is 3. The lowest BCUT2D eigenvalue weighted by molar-refractivity contribution is -0.167. The quantitative estimate of drug-likeness (QED) is 0.0261. The first-order valence-electron chi connectivity index (χ1n) is 34.7. The maximum Gasteiger partial charge on any atom is 0.306 e. The number of carbonyl (C=O) groups excluding carboxylic acids is 3. The van der Waals surface area contributed by atoms with Crippen molar-refractivity contribution >= 4 is 17.9 Å². The molecule has 0 bridgehead atoms. The average Bonchev–Trinajstić information content (AvgIpc) is 3.47. The smallest absolute Gasteiger partial charge is 0.306 e. The molecule has 466 valence electrons. The van der Waals surface area contributed by atoms with Crippen molar-refractivity contribution in [2.75, 3.05) is 13.2 Å². The molecule has 6 heteroatoms. The molecule has 0 amide bonds. The molecule has 0 rings (SSSR count). The molecule has 0 spiro atoms. The molecule has 0 fully saturated rings. The monoisotopic (exact) mass is 1130 g/mol. The summed E-state index contributed by atoms with van der Waals surface area (Å²) in [5.41, 5.74) is 0. The van der Waals surface area contributed by atoms with Gasteiger partial charge in [0.1, 0.15) is 13.2 Å². The second-order valence-electron chi connectivity index (χ2n) is 23.1. The van der Waals surface area contributed by atoms with Gasteiger partial charge in [0.15, 0.2) is 6.10 Å². The Bertz CT molecular complexity index is 1580. The largest absolute Gasteiger partial charge is 0.462 e. The van der Waals surface area contributed by atoms with E-state index in [-0.39, 0.29) is 31.1 Å². The SMILES string of the molecule is CC/C=C\C/C=C\C/C=C\CCCCCCCCCC(=O)OCC(COC(=O)CCCCCCCCCC/C=C\C/C=C\C/C=C\CCCCCCC)OC(=O)CCCCCCCCCCCCC/C=C\C/C=C\CCCCCCC. The summed E-state index contributed by atoms with van der Waals surface area (Å²) in [5.74, 6) is -0.889. The zero-order chi connectivity index (χ0) is 58.5. The van der Waals surface area contributed by atoms with Gasteiger partial charge in [-0.2, -0.15) is 0 Å². The Morgan fingerprint density at radius 3 is 0.753 bits per heavy atom. The number of hydrogen-bond acceptors (Lipinski definition) is 6. The van der Waals surface area contributed by atoms with Gasteiger partial charge in [0.25, 0.3) is 0 Å². The first-order valence-corrected chi connectivity index (χ1v) is 34.7. The highest BCUT2D eigenvalue weighted by molar-refractivity contribution is 5.71. The van der Waals surface area contributed by atoms with Crippen LogP contribution in [0.4, 0.5) is 0 Å². The first-order chi connectivity index (χ1) is 40.0. The van der Waals surface area contributed by atoms with Gasteiger partial charge in [-0.3, -0.25) is 14.4 Å². The fourth-order valence-corrected chi connectivity index (χ4v) is 9.85. The van der Waals surface area contributed by atoms with E-state index >= 15 is 0 Å². The van der Waals surface area contributed by atoms with Gasteiger partial charge < -0.3 is 14.2 Å². The molecule has 0 aromatic heterocycles. The molecular formula is C75H130O6. The van der Waals surface area contributed by atoms with E-state index in [2.05, 4.69) is 118 Å². The number of ether oxygens (including phenoxy) is 3. The number of allylic oxidation sites excluding steroid dienone is 16. The van der Waals surface area contributed by atoms with Gasteiger partial charge in [-0.15, -0.1) is 0 Å². The maximum atomic E-state index is 13.0. The lowest BCUT2D eigenvalue weighted by atomic mass is 10.0. The summed E-state index contributed by atoms with van der Waals surface area (Å²) in [6.45, 7) is 6.53. The molecule has 0 saturated carbocycles. The van der Waals surface area contributed by atoms with E-state index in [9.17, 15) is 14.4 Å². The van der Waals surface area contributed by atoms with Crippen LogP contribution in [0.3, 0.4) is 0 Å². The van der Waals surface area contributed by atoms with E-state index in [1.807, 2.05) is 0 Å². The molecule has 0 radical (unpaired) electrons. The second-order valence-corrected chi connectivity index (χ2v) is 23.1. The minimum Gasteiger partial charge on any atom is -0.462 e. The first kappa shape index (κ1) is 77.3. The van der Waals surface area contributed by atoms with Gasteiger partial charge in [-0.05, 0) is 122 Å². The van der Waals surface area contributed by atoms with Gasteiger partial charge in [0, 0.05) is 19.3 Å². The maximum absolute atomic E-state index is 13.0. The molecule has 6 nitrogen and oxygen atoms in total. The summed E-state index contributed by atoms with van der Waals surface area (Å²) in [6.07, 6.45) is 92.7. The topological polar surface area (TPSA) is 78.9 Å². The molecule has 0 aromatic rings. The fraction of sp³-hybridized carbons (Fsp3) is 0.747. The third-order valence-electron chi connectivity index (χ3n) is 15.0. The van der Waals surface area contributed by atoms with E-state index < -0.39 is 6.10 Å². The summed E-state index contributed by atoms with van der Waals surface area (Å²) in [5, 5.41) is 0. The zero-order valence-corrected chi connectivity index (χ0v) is 53.5. The number of rotatable bonds is 63. The van der Waals surface area contributed by atoms with Crippen LogP contribution in [0.15, 0.2) is 97.2 Å². The molecule has 0 aliphatic rings. The van der Waals surface area contributed by atoms with Crippen LogP contribution < -0.4 is 0 Å². The Hall–Kier alpha value is -3.67. The molecular weight excluding hydrogens is 997 g/mol. The third kappa shape index (κ3) is 67.0. The minimum absolute atomic E-state index is 0.0846. The van der Waals surface area contributed by atoms with Gasteiger partial charge in [-0.1, -0.05) is 298 Å². The summed E-state index contributed by atoms with van der Waals surface area (Å²) >= 11 is 0. The predicted molar refractivity (Wildman–Crippen MR) is 353 cm³/mol. The molecule has 0 saturated heterocycles. The fourth-order valence-electron chi connectivity index (χ4n) is 9.85. The van der Waals surface area contributed by atoms with Crippen molar-refractivity contribution in [1.29, 1.82) is 0 Å². The second kappa shape index (κ2) is 68.8. The zero-order valence-electron chi connectivity index (χ0n) is 53.5. The average molecular weight is 1130 g/mol. The van der Waals surface area contributed by atoms with E-state index in [0.717, 1.165) is 109 Å². The van der Waals surface area contributed by atoms with Crippen molar-refractivity contribution in [2.24, 2.45) is 0 Å². The van der Waals surface area contributed by atoms with Gasteiger partial charge >= 0.3 is 17.9 Å².